The van der Waals surface area contributed by atoms with Crippen molar-refractivity contribution in [2.24, 2.45) is 0 Å². The van der Waals surface area contributed by atoms with Gasteiger partial charge in [-0.3, -0.25) is 0 Å². The molecule has 0 saturated carbocycles. The van der Waals surface area contributed by atoms with Crippen molar-refractivity contribution in [2.45, 2.75) is 18.7 Å². The van der Waals surface area contributed by atoms with Gasteiger partial charge in [-0.2, -0.15) is 0 Å². The zero-order chi connectivity index (χ0) is 20.0. The summed E-state index contributed by atoms with van der Waals surface area (Å²) in [5.74, 6) is 1.85. The molecule has 0 fully saturated rings. The summed E-state index contributed by atoms with van der Waals surface area (Å²) in [5.41, 5.74) is 1.75. The van der Waals surface area contributed by atoms with E-state index in [1.54, 1.807) is 31.3 Å². The number of sulfonamides is 1. The van der Waals surface area contributed by atoms with Crippen LogP contribution in [0, 0.1) is 13.8 Å². The molecule has 3 rings (SSSR count). The molecule has 2 aromatic heterocycles. The molecule has 8 nitrogen and oxygen atoms in total. The van der Waals surface area contributed by atoms with E-state index in [9.17, 15) is 8.42 Å². The van der Waals surface area contributed by atoms with E-state index in [4.69, 9.17) is 0 Å². The van der Waals surface area contributed by atoms with Gasteiger partial charge in [0.15, 0.2) is 0 Å². The number of nitrogens with zero attached hydrogens (tertiary/aromatic N) is 3. The summed E-state index contributed by atoms with van der Waals surface area (Å²) in [5, 5.41) is 6.16. The molecular weight excluding hydrogens is 376 g/mol. The van der Waals surface area contributed by atoms with Gasteiger partial charge in [-0.05, 0) is 37.6 Å². The summed E-state index contributed by atoms with van der Waals surface area (Å²) >= 11 is 0. The highest BCUT2D eigenvalue weighted by Gasteiger charge is 2.15. The van der Waals surface area contributed by atoms with Crippen molar-refractivity contribution >= 4 is 27.5 Å². The molecule has 1 aromatic carbocycles. The van der Waals surface area contributed by atoms with Gasteiger partial charge in [0.2, 0.25) is 10.0 Å². The molecule has 0 aliphatic carbocycles. The fraction of sp³-hybridized carbons (Fsp3) is 0.211. The minimum Gasteiger partial charge on any atom is -0.369 e. The number of nitrogens with one attached hydrogen (secondary N) is 3. The largest absolute Gasteiger partial charge is 0.369 e. The standard InChI is InChI=1S/C19H22N6O2S/c1-14-6-7-16(15(2)11-14)28(26,27)24-10-9-21-18-12-19(23-13-22-18)25-17-5-3-4-8-20-17/h3-8,11-13,24H,9-10H2,1-2H3,(H2,20,21,22,23,25). The summed E-state index contributed by atoms with van der Waals surface area (Å²) in [7, 11) is -3.55. The lowest BCUT2D eigenvalue weighted by Crippen LogP contribution is -2.29. The molecule has 0 radical (unpaired) electrons. The number of rotatable bonds is 8. The van der Waals surface area contributed by atoms with Crippen LogP contribution in [0.3, 0.4) is 0 Å². The van der Waals surface area contributed by atoms with Gasteiger partial charge in [0.1, 0.15) is 23.8 Å². The highest BCUT2D eigenvalue weighted by molar-refractivity contribution is 7.89. The van der Waals surface area contributed by atoms with Gasteiger partial charge in [-0.1, -0.05) is 23.8 Å². The lowest BCUT2D eigenvalue weighted by Gasteiger charge is -2.11. The topological polar surface area (TPSA) is 109 Å². The normalized spacial score (nSPS) is 11.2. The molecule has 28 heavy (non-hydrogen) atoms. The van der Waals surface area contributed by atoms with Crippen LogP contribution < -0.4 is 15.4 Å². The van der Waals surface area contributed by atoms with Crippen LogP contribution in [0.5, 0.6) is 0 Å². The quantitative estimate of drug-likeness (QED) is 0.501. The Kier molecular flexibility index (Phi) is 6.17. The second-order valence-electron chi connectivity index (χ2n) is 6.22. The molecule has 146 valence electrons. The van der Waals surface area contributed by atoms with E-state index in [1.807, 2.05) is 31.2 Å². The van der Waals surface area contributed by atoms with Crippen LogP contribution in [0.4, 0.5) is 17.5 Å². The predicted octanol–water partition coefficient (Wildman–Crippen LogP) is 2.62. The Morgan fingerprint density at radius 3 is 2.46 bits per heavy atom. The fourth-order valence-electron chi connectivity index (χ4n) is 2.64. The van der Waals surface area contributed by atoms with E-state index in [0.717, 1.165) is 11.1 Å². The fourth-order valence-corrected chi connectivity index (χ4v) is 3.90. The monoisotopic (exact) mass is 398 g/mol. The van der Waals surface area contributed by atoms with Gasteiger partial charge in [0.05, 0.1) is 4.90 Å². The highest BCUT2D eigenvalue weighted by atomic mass is 32.2. The minimum atomic E-state index is -3.55. The van der Waals surface area contributed by atoms with Crippen LogP contribution >= 0.6 is 0 Å². The molecular formula is C19H22N6O2S. The summed E-state index contributed by atoms with van der Waals surface area (Å²) < 4.78 is 27.5. The third-order valence-electron chi connectivity index (χ3n) is 3.93. The maximum absolute atomic E-state index is 12.5. The summed E-state index contributed by atoms with van der Waals surface area (Å²) in [6.07, 6.45) is 3.11. The van der Waals surface area contributed by atoms with Crippen molar-refractivity contribution in [3.63, 3.8) is 0 Å². The third-order valence-corrected chi connectivity index (χ3v) is 5.55. The van der Waals surface area contributed by atoms with E-state index < -0.39 is 10.0 Å². The van der Waals surface area contributed by atoms with Crippen LogP contribution in [0.15, 0.2) is 59.9 Å². The smallest absolute Gasteiger partial charge is 0.240 e. The first-order chi connectivity index (χ1) is 13.4. The van der Waals surface area contributed by atoms with E-state index in [2.05, 4.69) is 30.3 Å². The zero-order valence-corrected chi connectivity index (χ0v) is 16.5. The molecule has 3 N–H and O–H groups in total. The maximum Gasteiger partial charge on any atom is 0.240 e. The molecule has 0 unspecified atom stereocenters. The first-order valence-corrected chi connectivity index (χ1v) is 10.2. The molecule has 0 aliphatic heterocycles. The first kappa shape index (κ1) is 19.7. The number of aromatic nitrogens is 3. The summed E-state index contributed by atoms with van der Waals surface area (Å²) in [6.45, 7) is 4.32. The van der Waals surface area contributed by atoms with E-state index in [-0.39, 0.29) is 6.54 Å². The molecule has 0 spiro atoms. The van der Waals surface area contributed by atoms with Crippen molar-refractivity contribution in [3.05, 3.63) is 66.1 Å². The Morgan fingerprint density at radius 1 is 0.893 bits per heavy atom. The second kappa shape index (κ2) is 8.77. The number of benzene rings is 1. The van der Waals surface area contributed by atoms with E-state index >= 15 is 0 Å². The van der Waals surface area contributed by atoms with Gasteiger partial charge in [0.25, 0.3) is 0 Å². The Hall–Kier alpha value is -3.04. The Bertz CT molecular complexity index is 1040. The van der Waals surface area contributed by atoms with Crippen molar-refractivity contribution < 1.29 is 8.42 Å². The van der Waals surface area contributed by atoms with Crippen molar-refractivity contribution in [1.29, 1.82) is 0 Å². The molecule has 2 heterocycles. The zero-order valence-electron chi connectivity index (χ0n) is 15.7. The number of hydrogen-bond donors (Lipinski definition) is 3. The number of pyridine rings is 1. The number of anilines is 3. The van der Waals surface area contributed by atoms with Gasteiger partial charge in [0, 0.05) is 25.4 Å². The Morgan fingerprint density at radius 2 is 1.71 bits per heavy atom. The van der Waals surface area contributed by atoms with Gasteiger partial charge < -0.3 is 10.6 Å². The van der Waals surface area contributed by atoms with Crippen LogP contribution in [-0.2, 0) is 10.0 Å². The molecule has 0 bridgehead atoms. The lowest BCUT2D eigenvalue weighted by atomic mass is 10.2. The Labute approximate surface area is 164 Å². The number of aryl methyl sites for hydroxylation is 2. The average molecular weight is 398 g/mol. The molecule has 3 aromatic rings. The van der Waals surface area contributed by atoms with Gasteiger partial charge >= 0.3 is 0 Å². The van der Waals surface area contributed by atoms with Crippen molar-refractivity contribution in [1.82, 2.24) is 19.7 Å². The van der Waals surface area contributed by atoms with Crippen LogP contribution in [-0.4, -0.2) is 36.5 Å². The molecule has 0 amide bonds. The SMILES string of the molecule is Cc1ccc(S(=O)(=O)NCCNc2cc(Nc3ccccn3)ncn2)c(C)c1. The van der Waals surface area contributed by atoms with Crippen LogP contribution in [0.1, 0.15) is 11.1 Å². The number of hydrogen-bond acceptors (Lipinski definition) is 7. The second-order valence-corrected chi connectivity index (χ2v) is 7.96. The van der Waals surface area contributed by atoms with Gasteiger partial charge in [-0.25, -0.2) is 28.1 Å². The van der Waals surface area contributed by atoms with Crippen molar-refractivity contribution in [3.8, 4) is 0 Å². The first-order valence-electron chi connectivity index (χ1n) is 8.75. The summed E-state index contributed by atoms with van der Waals surface area (Å²) in [6, 6.07) is 12.5. The molecule has 9 heteroatoms. The van der Waals surface area contributed by atoms with Crippen LogP contribution in [0.25, 0.3) is 0 Å². The molecule has 0 saturated heterocycles. The third kappa shape index (κ3) is 5.24. The lowest BCUT2D eigenvalue weighted by molar-refractivity contribution is 0.582. The maximum atomic E-state index is 12.5. The van der Waals surface area contributed by atoms with Crippen molar-refractivity contribution in [2.75, 3.05) is 23.7 Å². The van der Waals surface area contributed by atoms with Crippen LogP contribution in [0.2, 0.25) is 0 Å². The predicted molar refractivity (Wildman–Crippen MR) is 109 cm³/mol. The van der Waals surface area contributed by atoms with Gasteiger partial charge in [-0.15, -0.1) is 0 Å². The minimum absolute atomic E-state index is 0.225. The molecule has 0 aliphatic rings. The average Bonchev–Trinajstić information content (AvgIpc) is 2.66. The Balaban J connectivity index is 1.54. The van der Waals surface area contributed by atoms with E-state index in [1.165, 1.54) is 6.33 Å². The summed E-state index contributed by atoms with van der Waals surface area (Å²) in [4.78, 5) is 12.8. The van der Waals surface area contributed by atoms with E-state index in [0.29, 0.717) is 28.9 Å². The molecule has 0 atom stereocenters. The highest BCUT2D eigenvalue weighted by Crippen LogP contribution is 2.16.